The molecule has 0 amide bonds. The molecule has 2 aliphatic heterocycles. The Bertz CT molecular complexity index is 3020. The SMILES string of the molecule is Nc1cc(-c2c3nc(c(-c4cc(N)c(N)c(N)c4N)c4ccc([nH]4)c(-c4cc(N)c(N)c(N)c4N)c4nc(c(-c5cc(N)c(N)c(N)c5N)c5ccc2[nH]5)C=C4)C=C3)c(N)c(N)c1N. The normalized spacial score (nSPS) is 12.0. The number of rotatable bonds is 4. The summed E-state index contributed by atoms with van der Waals surface area (Å²) in [4.78, 5) is 17.5. The van der Waals surface area contributed by atoms with Crippen LogP contribution in [0.2, 0.25) is 0 Å². The Morgan fingerprint density at radius 3 is 0.672 bits per heavy atom. The molecule has 3 aromatic heterocycles. The number of nitrogens with zero attached hydrogens (tertiary/aromatic N) is 2. The van der Waals surface area contributed by atoms with Crippen LogP contribution in [-0.2, 0) is 0 Å². The fourth-order valence-corrected chi connectivity index (χ4v) is 8.19. The summed E-state index contributed by atoms with van der Waals surface area (Å²) in [5.74, 6) is 0. The fourth-order valence-electron chi connectivity index (χ4n) is 8.19. The van der Waals surface area contributed by atoms with Gasteiger partial charge in [-0.25, -0.2) is 9.97 Å². The van der Waals surface area contributed by atoms with Gasteiger partial charge in [0, 0.05) is 66.6 Å². The number of fused-ring (bicyclic) bond motifs is 8. The molecule has 20 nitrogen and oxygen atoms in total. The molecule has 0 saturated heterocycles. The second kappa shape index (κ2) is 13.9. The van der Waals surface area contributed by atoms with Crippen LogP contribution in [0.3, 0.4) is 0 Å². The Labute approximate surface area is 363 Å². The van der Waals surface area contributed by atoms with Gasteiger partial charge < -0.3 is 102 Å². The standard InChI is InChI=1S/C44H46N20/c45-17-9-13(33(49)41(57)37(17)53)29-21-1-2-22(61-21)30(14-10-18(46)38(54)42(58)34(14)50)24-5-6-26(63-24)32(16-12-20(48)40(56)44(60)36(16)52)28-8-7-27(64-28)31(25-4-3-23(29)62-25)15-11-19(47)39(55)43(59)35(15)51/h1-12,61,64H,45-60H2. The summed E-state index contributed by atoms with van der Waals surface area (Å²) in [5, 5.41) is 0. The summed E-state index contributed by atoms with van der Waals surface area (Å²) < 4.78 is 0. The van der Waals surface area contributed by atoms with Gasteiger partial charge in [-0.2, -0.15) is 0 Å². The Kier molecular flexibility index (Phi) is 8.64. The Morgan fingerprint density at radius 2 is 0.469 bits per heavy atom. The largest absolute Gasteiger partial charge is 0.397 e. The first-order valence-electron chi connectivity index (χ1n) is 19.5. The van der Waals surface area contributed by atoms with Crippen LogP contribution in [-0.4, -0.2) is 19.9 Å². The lowest BCUT2D eigenvalue weighted by molar-refractivity contribution is 1.31. The van der Waals surface area contributed by atoms with E-state index >= 15 is 0 Å². The van der Waals surface area contributed by atoms with Crippen molar-refractivity contribution in [1.29, 1.82) is 0 Å². The minimum atomic E-state index is 0.0960. The Morgan fingerprint density at radius 1 is 0.266 bits per heavy atom. The minimum Gasteiger partial charge on any atom is -0.397 e. The van der Waals surface area contributed by atoms with Crippen molar-refractivity contribution in [2.75, 3.05) is 91.7 Å². The van der Waals surface area contributed by atoms with Gasteiger partial charge in [0.25, 0.3) is 0 Å². The average Bonchev–Trinajstić information content (AvgIpc) is 4.13. The third-order valence-electron chi connectivity index (χ3n) is 11.8. The number of nitrogen functional groups attached to an aromatic ring is 16. The predicted octanol–water partition coefficient (Wildman–Crippen LogP) is 4.64. The molecule has 0 fully saturated rings. The molecular weight excluding hydrogens is 809 g/mol. The average molecular weight is 855 g/mol. The van der Waals surface area contributed by atoms with E-state index in [1.165, 1.54) is 0 Å². The summed E-state index contributed by atoms with van der Waals surface area (Å²) in [6.07, 6.45) is 7.23. The van der Waals surface area contributed by atoms with Crippen LogP contribution in [0.4, 0.5) is 91.0 Å². The van der Waals surface area contributed by atoms with Crippen LogP contribution in [0.5, 0.6) is 0 Å². The van der Waals surface area contributed by atoms with E-state index in [2.05, 4.69) is 9.97 Å². The van der Waals surface area contributed by atoms with E-state index in [1.54, 1.807) is 24.3 Å². The zero-order chi connectivity index (χ0) is 45.8. The van der Waals surface area contributed by atoms with Gasteiger partial charge in [-0.15, -0.1) is 0 Å². The second-order valence-electron chi connectivity index (χ2n) is 15.5. The lowest BCUT2D eigenvalue weighted by atomic mass is 9.99. The van der Waals surface area contributed by atoms with E-state index in [0.717, 1.165) is 0 Å². The molecule has 9 rings (SSSR count). The molecule has 0 saturated carbocycles. The number of anilines is 16. The molecule has 20 heteroatoms. The van der Waals surface area contributed by atoms with Gasteiger partial charge in [-0.3, -0.25) is 0 Å². The quantitative estimate of drug-likeness (QED) is 0.107. The molecule has 5 heterocycles. The van der Waals surface area contributed by atoms with Crippen molar-refractivity contribution in [2.45, 2.75) is 0 Å². The molecule has 8 bridgehead atoms. The van der Waals surface area contributed by atoms with E-state index in [9.17, 15) is 0 Å². The number of hydrogen-bond donors (Lipinski definition) is 18. The van der Waals surface area contributed by atoms with Crippen LogP contribution in [0.15, 0.2) is 48.5 Å². The van der Waals surface area contributed by atoms with E-state index < -0.39 is 0 Å². The molecule has 34 N–H and O–H groups in total. The smallest absolute Gasteiger partial charge is 0.0809 e. The van der Waals surface area contributed by atoms with E-state index in [4.69, 9.17) is 102 Å². The van der Waals surface area contributed by atoms with E-state index in [-0.39, 0.29) is 91.0 Å². The number of nitrogens with one attached hydrogen (secondary N) is 2. The first-order chi connectivity index (χ1) is 30.4. The number of nitrogens with two attached hydrogens (primary N) is 16. The summed E-state index contributed by atoms with van der Waals surface area (Å²) in [6, 6.07) is 13.9. The lowest BCUT2D eigenvalue weighted by Gasteiger charge is -2.15. The molecule has 2 aliphatic rings. The summed E-state index contributed by atoms with van der Waals surface area (Å²) in [7, 11) is 0. The van der Waals surface area contributed by atoms with Crippen LogP contribution in [0.25, 0.3) is 90.9 Å². The summed E-state index contributed by atoms with van der Waals surface area (Å²) in [6.45, 7) is 0. The first kappa shape index (κ1) is 39.7. The second-order valence-corrected chi connectivity index (χ2v) is 15.5. The molecule has 0 aliphatic carbocycles. The van der Waals surface area contributed by atoms with Crippen molar-refractivity contribution in [1.82, 2.24) is 19.9 Å². The van der Waals surface area contributed by atoms with Gasteiger partial charge in [-0.1, -0.05) is 0 Å². The van der Waals surface area contributed by atoms with Crippen molar-refractivity contribution in [3.8, 4) is 44.5 Å². The van der Waals surface area contributed by atoms with Gasteiger partial charge in [0.2, 0.25) is 0 Å². The minimum absolute atomic E-state index is 0.0960. The zero-order valence-electron chi connectivity index (χ0n) is 34.1. The molecule has 0 radical (unpaired) electrons. The van der Waals surface area contributed by atoms with Crippen molar-refractivity contribution in [3.63, 3.8) is 0 Å². The number of aromatic amines is 2. The van der Waals surface area contributed by atoms with Gasteiger partial charge in [-0.05, 0) is 72.8 Å². The van der Waals surface area contributed by atoms with Gasteiger partial charge >= 0.3 is 0 Å². The fraction of sp³-hybridized carbons (Fsp3) is 0. The van der Waals surface area contributed by atoms with E-state index in [0.29, 0.717) is 89.4 Å². The highest BCUT2D eigenvalue weighted by atomic mass is 14.8. The molecule has 4 aromatic carbocycles. The molecule has 7 aromatic rings. The van der Waals surface area contributed by atoms with E-state index in [1.807, 2.05) is 48.6 Å². The number of hydrogen-bond acceptors (Lipinski definition) is 18. The molecule has 0 unspecified atom stereocenters. The third kappa shape index (κ3) is 5.78. The maximum atomic E-state index is 6.76. The predicted molar refractivity (Wildman–Crippen MR) is 271 cm³/mol. The van der Waals surface area contributed by atoms with Crippen LogP contribution < -0.4 is 91.7 Å². The maximum Gasteiger partial charge on any atom is 0.0809 e. The zero-order valence-corrected chi connectivity index (χ0v) is 34.1. The van der Waals surface area contributed by atoms with Crippen LogP contribution >= 0.6 is 0 Å². The monoisotopic (exact) mass is 854 g/mol. The Balaban J connectivity index is 1.55. The first-order valence-corrected chi connectivity index (χ1v) is 19.5. The van der Waals surface area contributed by atoms with Crippen molar-refractivity contribution < 1.29 is 0 Å². The number of aromatic nitrogens is 4. The highest BCUT2D eigenvalue weighted by Gasteiger charge is 2.25. The molecule has 64 heavy (non-hydrogen) atoms. The topological polar surface area (TPSA) is 474 Å². The third-order valence-corrected chi connectivity index (χ3v) is 11.8. The van der Waals surface area contributed by atoms with Crippen molar-refractivity contribution in [2.24, 2.45) is 0 Å². The highest BCUT2D eigenvalue weighted by Crippen LogP contribution is 2.48. The van der Waals surface area contributed by atoms with Crippen molar-refractivity contribution >= 4 is 137 Å². The van der Waals surface area contributed by atoms with Gasteiger partial charge in [0.15, 0.2) is 0 Å². The number of H-pyrrole nitrogens is 2. The van der Waals surface area contributed by atoms with Crippen molar-refractivity contribution in [3.05, 3.63) is 71.3 Å². The van der Waals surface area contributed by atoms with Crippen LogP contribution in [0, 0.1) is 0 Å². The molecule has 322 valence electrons. The summed E-state index contributed by atoms with van der Waals surface area (Å²) in [5.41, 5.74) is 114. The summed E-state index contributed by atoms with van der Waals surface area (Å²) >= 11 is 0. The van der Waals surface area contributed by atoms with Gasteiger partial charge in [0.05, 0.1) is 114 Å². The lowest BCUT2D eigenvalue weighted by Crippen LogP contribution is -2.06. The Hall–Kier alpha value is -9.72. The maximum absolute atomic E-state index is 6.76. The molecular formula is C44H46N20. The highest BCUT2D eigenvalue weighted by molar-refractivity contribution is 6.09. The van der Waals surface area contributed by atoms with Gasteiger partial charge in [0.1, 0.15) is 0 Å². The molecule has 0 spiro atoms. The molecule has 0 atom stereocenters. The number of benzene rings is 4. The van der Waals surface area contributed by atoms with Crippen LogP contribution in [0.1, 0.15) is 22.8 Å².